The van der Waals surface area contributed by atoms with E-state index in [0.717, 1.165) is 11.1 Å². The number of nitrogens with zero attached hydrogens (tertiary/aromatic N) is 1. The molecular formula is C10H8Cl2N2O. The van der Waals surface area contributed by atoms with Crippen molar-refractivity contribution < 1.29 is 4.52 Å². The van der Waals surface area contributed by atoms with Crippen LogP contribution in [-0.2, 0) is 0 Å². The second-order valence-electron chi connectivity index (χ2n) is 3.13. The first-order valence-electron chi connectivity index (χ1n) is 4.26. The highest BCUT2D eigenvalue weighted by atomic mass is 35.5. The summed E-state index contributed by atoms with van der Waals surface area (Å²) in [6.07, 6.45) is 0. The predicted molar refractivity (Wildman–Crippen MR) is 61.1 cm³/mol. The van der Waals surface area contributed by atoms with Crippen LogP contribution in [0.5, 0.6) is 0 Å². The SMILES string of the molecule is Cc1noc(N)c1-c1ccc(Cl)cc1Cl. The molecule has 2 rings (SSSR count). The molecule has 0 aliphatic rings. The zero-order valence-electron chi connectivity index (χ0n) is 7.92. The number of aryl methyl sites for hydroxylation is 1. The maximum atomic E-state index is 6.06. The number of halogens is 2. The molecule has 2 N–H and O–H groups in total. The summed E-state index contributed by atoms with van der Waals surface area (Å²) < 4.78 is 4.87. The third kappa shape index (κ3) is 1.80. The number of hydrogen-bond donors (Lipinski definition) is 1. The Morgan fingerprint density at radius 3 is 2.60 bits per heavy atom. The molecule has 0 atom stereocenters. The molecule has 78 valence electrons. The predicted octanol–water partition coefficient (Wildman–Crippen LogP) is 3.54. The third-order valence-corrected chi connectivity index (χ3v) is 2.64. The van der Waals surface area contributed by atoms with Crippen molar-refractivity contribution in [2.75, 3.05) is 5.73 Å². The highest BCUT2D eigenvalue weighted by Crippen LogP contribution is 2.35. The summed E-state index contributed by atoms with van der Waals surface area (Å²) in [5.74, 6) is 0.261. The molecule has 0 saturated carbocycles. The number of nitrogen functional groups attached to an aromatic ring is 1. The van der Waals surface area contributed by atoms with Gasteiger partial charge in [0.2, 0.25) is 5.88 Å². The van der Waals surface area contributed by atoms with E-state index < -0.39 is 0 Å². The lowest BCUT2D eigenvalue weighted by atomic mass is 10.1. The summed E-state index contributed by atoms with van der Waals surface area (Å²) in [5.41, 5.74) is 7.86. The van der Waals surface area contributed by atoms with Crippen LogP contribution in [0, 0.1) is 6.92 Å². The van der Waals surface area contributed by atoms with E-state index in [1.54, 1.807) is 25.1 Å². The van der Waals surface area contributed by atoms with Crippen LogP contribution in [0.2, 0.25) is 10.0 Å². The first-order valence-corrected chi connectivity index (χ1v) is 5.02. The minimum atomic E-state index is 0.261. The number of hydrogen-bond acceptors (Lipinski definition) is 3. The van der Waals surface area contributed by atoms with Gasteiger partial charge in [-0.25, -0.2) is 0 Å². The van der Waals surface area contributed by atoms with Crippen LogP contribution in [0.1, 0.15) is 5.69 Å². The topological polar surface area (TPSA) is 52.0 Å². The third-order valence-electron chi connectivity index (χ3n) is 2.09. The first-order chi connectivity index (χ1) is 7.09. The first kappa shape index (κ1) is 10.3. The van der Waals surface area contributed by atoms with Crippen molar-refractivity contribution in [2.24, 2.45) is 0 Å². The lowest BCUT2D eigenvalue weighted by Crippen LogP contribution is -1.87. The number of aromatic nitrogens is 1. The summed E-state index contributed by atoms with van der Waals surface area (Å²) in [5, 5.41) is 4.87. The molecule has 15 heavy (non-hydrogen) atoms. The molecule has 1 aromatic heterocycles. The van der Waals surface area contributed by atoms with Crippen LogP contribution in [0.4, 0.5) is 5.88 Å². The zero-order chi connectivity index (χ0) is 11.0. The molecule has 0 aliphatic heterocycles. The normalized spacial score (nSPS) is 10.6. The highest BCUT2D eigenvalue weighted by molar-refractivity contribution is 6.36. The molecule has 3 nitrogen and oxygen atoms in total. The fourth-order valence-corrected chi connectivity index (χ4v) is 1.91. The molecule has 0 unspecified atom stereocenters. The largest absolute Gasteiger partial charge is 0.367 e. The van der Waals surface area contributed by atoms with Gasteiger partial charge in [0.05, 0.1) is 16.3 Å². The molecule has 0 saturated heterocycles. The Morgan fingerprint density at radius 1 is 1.33 bits per heavy atom. The van der Waals surface area contributed by atoms with Crippen LogP contribution in [0.3, 0.4) is 0 Å². The van der Waals surface area contributed by atoms with E-state index in [-0.39, 0.29) is 5.88 Å². The zero-order valence-corrected chi connectivity index (χ0v) is 9.43. The molecule has 0 amide bonds. The molecule has 5 heteroatoms. The van der Waals surface area contributed by atoms with E-state index in [1.165, 1.54) is 0 Å². The smallest absolute Gasteiger partial charge is 0.230 e. The Labute approximate surface area is 96.8 Å². The fourth-order valence-electron chi connectivity index (χ4n) is 1.41. The maximum absolute atomic E-state index is 6.06. The maximum Gasteiger partial charge on any atom is 0.230 e. The van der Waals surface area contributed by atoms with Gasteiger partial charge in [0.1, 0.15) is 0 Å². The van der Waals surface area contributed by atoms with Crippen LogP contribution >= 0.6 is 23.2 Å². The van der Waals surface area contributed by atoms with Gasteiger partial charge in [-0.05, 0) is 19.1 Å². The molecule has 1 aromatic carbocycles. The Balaban J connectivity index is 2.64. The van der Waals surface area contributed by atoms with E-state index in [9.17, 15) is 0 Å². The van der Waals surface area contributed by atoms with Crippen molar-refractivity contribution in [3.63, 3.8) is 0 Å². The summed E-state index contributed by atoms with van der Waals surface area (Å²) in [7, 11) is 0. The quantitative estimate of drug-likeness (QED) is 0.833. The van der Waals surface area contributed by atoms with Gasteiger partial charge in [0.25, 0.3) is 0 Å². The molecule has 0 aliphatic carbocycles. The standard InChI is InChI=1S/C10H8Cl2N2O/c1-5-9(10(13)15-14-5)7-3-2-6(11)4-8(7)12/h2-4H,13H2,1H3. The lowest BCUT2D eigenvalue weighted by Gasteiger charge is -2.03. The summed E-state index contributed by atoms with van der Waals surface area (Å²) in [4.78, 5) is 0. The van der Waals surface area contributed by atoms with Gasteiger partial charge < -0.3 is 10.3 Å². The monoisotopic (exact) mass is 242 g/mol. The van der Waals surface area contributed by atoms with E-state index in [2.05, 4.69) is 5.16 Å². The Bertz CT molecular complexity index is 489. The van der Waals surface area contributed by atoms with Crippen molar-refractivity contribution >= 4 is 29.1 Å². The summed E-state index contributed by atoms with van der Waals surface area (Å²) in [6.45, 7) is 1.81. The van der Waals surface area contributed by atoms with Gasteiger partial charge >= 0.3 is 0 Å². The Hall–Kier alpha value is -1.19. The van der Waals surface area contributed by atoms with Crippen molar-refractivity contribution in [1.29, 1.82) is 0 Å². The second-order valence-corrected chi connectivity index (χ2v) is 3.98. The average molecular weight is 243 g/mol. The van der Waals surface area contributed by atoms with Crippen molar-refractivity contribution in [3.05, 3.63) is 33.9 Å². The Morgan fingerprint density at radius 2 is 2.07 bits per heavy atom. The highest BCUT2D eigenvalue weighted by Gasteiger charge is 2.15. The van der Waals surface area contributed by atoms with Gasteiger partial charge in [0.15, 0.2) is 0 Å². The molecule has 2 aromatic rings. The van der Waals surface area contributed by atoms with Crippen LogP contribution in [0.15, 0.2) is 22.7 Å². The van der Waals surface area contributed by atoms with Gasteiger partial charge in [-0.1, -0.05) is 34.4 Å². The second kappa shape index (κ2) is 3.76. The van der Waals surface area contributed by atoms with Crippen LogP contribution in [-0.4, -0.2) is 5.16 Å². The summed E-state index contributed by atoms with van der Waals surface area (Å²) in [6, 6.07) is 5.19. The minimum absolute atomic E-state index is 0.261. The van der Waals surface area contributed by atoms with Gasteiger partial charge in [-0.2, -0.15) is 0 Å². The van der Waals surface area contributed by atoms with Crippen molar-refractivity contribution in [2.45, 2.75) is 6.92 Å². The molecule has 0 fully saturated rings. The van der Waals surface area contributed by atoms with Crippen molar-refractivity contribution in [3.8, 4) is 11.1 Å². The number of anilines is 1. The van der Waals surface area contributed by atoms with Gasteiger partial charge in [-0.3, -0.25) is 0 Å². The van der Waals surface area contributed by atoms with Crippen molar-refractivity contribution in [1.82, 2.24) is 5.16 Å². The molecule has 0 spiro atoms. The average Bonchev–Trinajstić information content (AvgIpc) is 2.48. The summed E-state index contributed by atoms with van der Waals surface area (Å²) >= 11 is 11.9. The molecule has 1 heterocycles. The van der Waals surface area contributed by atoms with Gasteiger partial charge in [0, 0.05) is 10.6 Å². The molecular weight excluding hydrogens is 235 g/mol. The molecule has 0 bridgehead atoms. The number of nitrogens with two attached hydrogens (primary N) is 1. The number of benzene rings is 1. The Kier molecular flexibility index (Phi) is 2.59. The number of rotatable bonds is 1. The fraction of sp³-hybridized carbons (Fsp3) is 0.100. The minimum Gasteiger partial charge on any atom is -0.367 e. The van der Waals surface area contributed by atoms with E-state index in [4.69, 9.17) is 33.5 Å². The molecule has 0 radical (unpaired) electrons. The van der Waals surface area contributed by atoms with E-state index in [0.29, 0.717) is 15.7 Å². The van der Waals surface area contributed by atoms with Crippen LogP contribution in [0.25, 0.3) is 11.1 Å². The van der Waals surface area contributed by atoms with E-state index in [1.807, 2.05) is 0 Å². The van der Waals surface area contributed by atoms with Crippen LogP contribution < -0.4 is 5.73 Å². The lowest BCUT2D eigenvalue weighted by molar-refractivity contribution is 0.431. The van der Waals surface area contributed by atoms with Gasteiger partial charge in [-0.15, -0.1) is 0 Å². The van der Waals surface area contributed by atoms with E-state index >= 15 is 0 Å².